The van der Waals surface area contributed by atoms with E-state index in [4.69, 9.17) is 10.6 Å². The van der Waals surface area contributed by atoms with E-state index in [1.165, 1.54) is 10.9 Å². The molecule has 5 nitrogen and oxygen atoms in total. The first kappa shape index (κ1) is 13.5. The van der Waals surface area contributed by atoms with Crippen molar-refractivity contribution in [1.29, 1.82) is 0 Å². The third kappa shape index (κ3) is 2.57. The summed E-state index contributed by atoms with van der Waals surface area (Å²) < 4.78 is 7.38. The van der Waals surface area contributed by atoms with E-state index in [-0.39, 0.29) is 6.04 Å². The van der Waals surface area contributed by atoms with Gasteiger partial charge in [-0.05, 0) is 24.8 Å². The molecule has 1 unspecified atom stereocenters. The number of hydrogen-bond donors (Lipinski definition) is 2. The van der Waals surface area contributed by atoms with Gasteiger partial charge >= 0.3 is 0 Å². The first-order chi connectivity index (χ1) is 9.79. The highest BCUT2D eigenvalue weighted by atomic mass is 16.5. The minimum Gasteiger partial charge on any atom is -0.381 e. The van der Waals surface area contributed by atoms with E-state index in [0.29, 0.717) is 5.92 Å². The zero-order chi connectivity index (χ0) is 13.9. The Bertz CT molecular complexity index is 574. The standard InChI is InChI=1S/C15H22N4O/c1-19-15-5-3-2-4-12(15)14(18-19)10-13(17-16)11-6-8-20-9-7-11/h2-5,11,13,17H,6-10,16H2,1H3. The second-order valence-corrected chi connectivity index (χ2v) is 5.51. The fourth-order valence-corrected chi connectivity index (χ4v) is 3.13. The Labute approximate surface area is 119 Å². The zero-order valence-corrected chi connectivity index (χ0v) is 11.9. The third-order valence-corrected chi connectivity index (χ3v) is 4.30. The van der Waals surface area contributed by atoms with Gasteiger partial charge in [-0.25, -0.2) is 0 Å². The Morgan fingerprint density at radius 1 is 1.40 bits per heavy atom. The average Bonchev–Trinajstić information content (AvgIpc) is 2.82. The van der Waals surface area contributed by atoms with Crippen molar-refractivity contribution in [2.75, 3.05) is 13.2 Å². The van der Waals surface area contributed by atoms with E-state index in [9.17, 15) is 0 Å². The molecular formula is C15H22N4O. The number of fused-ring (bicyclic) bond motifs is 1. The van der Waals surface area contributed by atoms with Crippen molar-refractivity contribution in [2.45, 2.75) is 25.3 Å². The van der Waals surface area contributed by atoms with Gasteiger partial charge in [0.05, 0.1) is 11.2 Å². The lowest BCUT2D eigenvalue weighted by atomic mass is 9.89. The molecule has 0 saturated carbocycles. The molecule has 0 spiro atoms. The molecule has 5 heteroatoms. The Hall–Kier alpha value is -1.43. The fourth-order valence-electron chi connectivity index (χ4n) is 3.13. The Morgan fingerprint density at radius 2 is 2.15 bits per heavy atom. The van der Waals surface area contributed by atoms with E-state index in [1.54, 1.807) is 0 Å². The van der Waals surface area contributed by atoms with Crippen molar-refractivity contribution in [2.24, 2.45) is 18.8 Å². The molecule has 20 heavy (non-hydrogen) atoms. The summed E-state index contributed by atoms with van der Waals surface area (Å²) in [5.74, 6) is 6.34. The van der Waals surface area contributed by atoms with Gasteiger partial charge in [-0.3, -0.25) is 16.0 Å². The lowest BCUT2D eigenvalue weighted by Crippen LogP contribution is -2.44. The maximum absolute atomic E-state index is 5.78. The van der Waals surface area contributed by atoms with E-state index in [1.807, 2.05) is 17.8 Å². The SMILES string of the molecule is Cn1nc(CC(NN)C2CCOCC2)c2ccccc21. The van der Waals surface area contributed by atoms with Gasteiger partial charge in [-0.1, -0.05) is 18.2 Å². The zero-order valence-electron chi connectivity index (χ0n) is 11.9. The molecule has 0 radical (unpaired) electrons. The van der Waals surface area contributed by atoms with Crippen LogP contribution in [0.2, 0.25) is 0 Å². The average molecular weight is 274 g/mol. The molecule has 1 aromatic carbocycles. The summed E-state index contributed by atoms with van der Waals surface area (Å²) in [5.41, 5.74) is 5.28. The number of para-hydroxylation sites is 1. The minimum absolute atomic E-state index is 0.261. The quantitative estimate of drug-likeness (QED) is 0.653. The Balaban J connectivity index is 1.83. The summed E-state index contributed by atoms with van der Waals surface area (Å²) in [7, 11) is 1.99. The monoisotopic (exact) mass is 274 g/mol. The smallest absolute Gasteiger partial charge is 0.0719 e. The van der Waals surface area contributed by atoms with Crippen molar-refractivity contribution in [1.82, 2.24) is 15.2 Å². The van der Waals surface area contributed by atoms with Gasteiger partial charge in [0.15, 0.2) is 0 Å². The largest absolute Gasteiger partial charge is 0.381 e. The summed E-state index contributed by atoms with van der Waals surface area (Å²) in [6, 6.07) is 8.61. The van der Waals surface area contributed by atoms with Crippen LogP contribution in [-0.4, -0.2) is 29.0 Å². The van der Waals surface area contributed by atoms with Crippen LogP contribution in [0.25, 0.3) is 10.9 Å². The van der Waals surface area contributed by atoms with Crippen molar-refractivity contribution in [3.8, 4) is 0 Å². The van der Waals surface area contributed by atoms with E-state index in [2.05, 4.69) is 28.7 Å². The highest BCUT2D eigenvalue weighted by Crippen LogP contribution is 2.24. The number of aromatic nitrogens is 2. The molecule has 3 N–H and O–H groups in total. The summed E-state index contributed by atoms with van der Waals surface area (Å²) in [6.45, 7) is 1.68. The van der Waals surface area contributed by atoms with Crippen molar-refractivity contribution in [3.63, 3.8) is 0 Å². The number of nitrogens with one attached hydrogen (secondary N) is 1. The van der Waals surface area contributed by atoms with Gasteiger partial charge in [0, 0.05) is 38.1 Å². The molecule has 0 amide bonds. The first-order valence-corrected chi connectivity index (χ1v) is 7.24. The second kappa shape index (κ2) is 5.91. The van der Waals surface area contributed by atoms with E-state index < -0.39 is 0 Å². The first-order valence-electron chi connectivity index (χ1n) is 7.24. The van der Waals surface area contributed by atoms with Crippen LogP contribution in [0.3, 0.4) is 0 Å². The molecule has 3 rings (SSSR count). The molecule has 1 saturated heterocycles. The topological polar surface area (TPSA) is 65.1 Å². The van der Waals surface area contributed by atoms with Gasteiger partial charge in [-0.15, -0.1) is 0 Å². The predicted molar refractivity (Wildman–Crippen MR) is 79.1 cm³/mol. The van der Waals surface area contributed by atoms with E-state index in [0.717, 1.165) is 38.2 Å². The number of ether oxygens (including phenoxy) is 1. The predicted octanol–water partition coefficient (Wildman–Crippen LogP) is 1.37. The highest BCUT2D eigenvalue weighted by molar-refractivity contribution is 5.81. The lowest BCUT2D eigenvalue weighted by molar-refractivity contribution is 0.0537. The number of hydrazine groups is 1. The molecule has 1 aliphatic heterocycles. The maximum Gasteiger partial charge on any atom is 0.0719 e. The number of nitrogens with zero attached hydrogens (tertiary/aromatic N) is 2. The van der Waals surface area contributed by atoms with Crippen LogP contribution in [0.1, 0.15) is 18.5 Å². The molecule has 1 aliphatic rings. The van der Waals surface area contributed by atoms with Gasteiger partial charge in [0.25, 0.3) is 0 Å². The fraction of sp³-hybridized carbons (Fsp3) is 0.533. The van der Waals surface area contributed by atoms with Crippen LogP contribution in [0.5, 0.6) is 0 Å². The van der Waals surface area contributed by atoms with Crippen molar-refractivity contribution >= 4 is 10.9 Å². The molecule has 1 fully saturated rings. The summed E-state index contributed by atoms with van der Waals surface area (Å²) in [6.07, 6.45) is 3.00. The van der Waals surface area contributed by atoms with E-state index >= 15 is 0 Å². The maximum atomic E-state index is 5.78. The highest BCUT2D eigenvalue weighted by Gasteiger charge is 2.25. The number of benzene rings is 1. The van der Waals surface area contributed by atoms with Crippen molar-refractivity contribution in [3.05, 3.63) is 30.0 Å². The van der Waals surface area contributed by atoms with Crippen molar-refractivity contribution < 1.29 is 4.74 Å². The van der Waals surface area contributed by atoms with Crippen LogP contribution in [0, 0.1) is 5.92 Å². The van der Waals surface area contributed by atoms with Crippen LogP contribution in [0.15, 0.2) is 24.3 Å². The van der Waals surface area contributed by atoms with Gasteiger partial charge in [0.1, 0.15) is 0 Å². The lowest BCUT2D eigenvalue weighted by Gasteiger charge is -2.29. The Kier molecular flexibility index (Phi) is 4.00. The van der Waals surface area contributed by atoms with Gasteiger partial charge < -0.3 is 4.74 Å². The summed E-state index contributed by atoms with van der Waals surface area (Å²) >= 11 is 0. The molecule has 0 bridgehead atoms. The molecular weight excluding hydrogens is 252 g/mol. The number of aryl methyl sites for hydroxylation is 1. The van der Waals surface area contributed by atoms with Crippen LogP contribution >= 0.6 is 0 Å². The van der Waals surface area contributed by atoms with Crippen LogP contribution in [-0.2, 0) is 18.2 Å². The molecule has 2 heterocycles. The van der Waals surface area contributed by atoms with Gasteiger partial charge in [0.2, 0.25) is 0 Å². The molecule has 1 aromatic heterocycles. The normalized spacial score (nSPS) is 18.5. The third-order valence-electron chi connectivity index (χ3n) is 4.30. The number of hydrogen-bond acceptors (Lipinski definition) is 4. The Morgan fingerprint density at radius 3 is 2.90 bits per heavy atom. The molecule has 2 aromatic rings. The van der Waals surface area contributed by atoms with Crippen LogP contribution < -0.4 is 11.3 Å². The summed E-state index contributed by atoms with van der Waals surface area (Å²) in [5, 5.41) is 5.89. The molecule has 1 atom stereocenters. The van der Waals surface area contributed by atoms with Gasteiger partial charge in [-0.2, -0.15) is 5.10 Å². The molecule has 0 aliphatic carbocycles. The van der Waals surface area contributed by atoms with Crippen LogP contribution in [0.4, 0.5) is 0 Å². The molecule has 108 valence electrons. The number of rotatable bonds is 4. The second-order valence-electron chi connectivity index (χ2n) is 5.51. The number of nitrogens with two attached hydrogens (primary N) is 1. The minimum atomic E-state index is 0.261. The summed E-state index contributed by atoms with van der Waals surface area (Å²) in [4.78, 5) is 0.